The molecule has 0 amide bonds. The van der Waals surface area contributed by atoms with Crippen LogP contribution in [-0.4, -0.2) is 30.7 Å². The van der Waals surface area contributed by atoms with E-state index in [9.17, 15) is 13.2 Å². The van der Waals surface area contributed by atoms with Crippen LogP contribution < -0.4 is 16.0 Å². The van der Waals surface area contributed by atoms with Gasteiger partial charge in [0.1, 0.15) is 11.4 Å². The summed E-state index contributed by atoms with van der Waals surface area (Å²) in [6.07, 6.45) is 2.98. The molecule has 146 valence electrons. The Morgan fingerprint density at radius 2 is 1.81 bits per heavy atom. The van der Waals surface area contributed by atoms with Crippen molar-refractivity contribution in [3.63, 3.8) is 0 Å². The van der Waals surface area contributed by atoms with Gasteiger partial charge in [-0.05, 0) is 56.4 Å². The number of anilines is 2. The number of hydrogen-bond donors (Lipinski definition) is 2. The standard InChI is InChI=1S/C19H29F3N4/c1-13-6-8-26(9-7-13)18-17(19(20,21)22)10-16(12-25-18)24-11-14-2-4-15(23)5-3-14/h10,12-15,24H,2-9,11,23H2,1H3/t14-,15-. The molecule has 0 unspecified atom stereocenters. The molecule has 26 heavy (non-hydrogen) atoms. The van der Waals surface area contributed by atoms with E-state index in [0.717, 1.165) is 38.5 Å². The van der Waals surface area contributed by atoms with Gasteiger partial charge in [0.15, 0.2) is 0 Å². The van der Waals surface area contributed by atoms with Gasteiger partial charge in [-0.25, -0.2) is 4.98 Å². The van der Waals surface area contributed by atoms with E-state index in [2.05, 4.69) is 17.2 Å². The number of halogens is 3. The van der Waals surface area contributed by atoms with Crippen molar-refractivity contribution in [3.8, 4) is 0 Å². The Morgan fingerprint density at radius 1 is 1.15 bits per heavy atom. The van der Waals surface area contributed by atoms with Crippen LogP contribution in [0.1, 0.15) is 51.0 Å². The zero-order valence-electron chi connectivity index (χ0n) is 15.4. The summed E-state index contributed by atoms with van der Waals surface area (Å²) in [6.45, 7) is 4.07. The summed E-state index contributed by atoms with van der Waals surface area (Å²) in [5, 5.41) is 3.16. The number of piperidine rings is 1. The molecule has 1 aromatic rings. The van der Waals surface area contributed by atoms with Crippen LogP contribution in [-0.2, 0) is 6.18 Å². The molecule has 1 saturated carbocycles. The second-order valence-corrected chi connectivity index (χ2v) is 7.92. The average molecular weight is 370 g/mol. The fourth-order valence-electron chi connectivity index (χ4n) is 3.89. The van der Waals surface area contributed by atoms with E-state index in [1.54, 1.807) is 4.90 Å². The zero-order chi connectivity index (χ0) is 18.7. The van der Waals surface area contributed by atoms with Crippen molar-refractivity contribution >= 4 is 11.5 Å². The third-order valence-electron chi connectivity index (χ3n) is 5.74. The second-order valence-electron chi connectivity index (χ2n) is 7.92. The maximum absolute atomic E-state index is 13.6. The van der Waals surface area contributed by atoms with Gasteiger partial charge in [0.05, 0.1) is 11.9 Å². The minimum absolute atomic E-state index is 0.0681. The third-order valence-corrected chi connectivity index (χ3v) is 5.74. The van der Waals surface area contributed by atoms with Gasteiger partial charge < -0.3 is 16.0 Å². The first-order valence-corrected chi connectivity index (χ1v) is 9.64. The van der Waals surface area contributed by atoms with Gasteiger partial charge >= 0.3 is 6.18 Å². The van der Waals surface area contributed by atoms with Crippen molar-refractivity contribution < 1.29 is 13.2 Å². The molecule has 3 rings (SSSR count). The fourth-order valence-corrected chi connectivity index (χ4v) is 3.89. The molecule has 2 fully saturated rings. The molecule has 1 aliphatic carbocycles. The predicted octanol–water partition coefficient (Wildman–Crippen LogP) is 4.27. The SMILES string of the molecule is CC1CCN(c2ncc(NC[C@H]3CC[C@H](N)CC3)cc2C(F)(F)F)CC1. The molecule has 0 aromatic carbocycles. The molecule has 0 radical (unpaired) electrons. The molecule has 0 bridgehead atoms. The lowest BCUT2D eigenvalue weighted by molar-refractivity contribution is -0.137. The molecule has 2 heterocycles. The van der Waals surface area contributed by atoms with Gasteiger partial charge in [-0.3, -0.25) is 0 Å². The highest BCUT2D eigenvalue weighted by Crippen LogP contribution is 2.38. The van der Waals surface area contributed by atoms with Gasteiger partial charge in [-0.1, -0.05) is 6.92 Å². The van der Waals surface area contributed by atoms with Crippen molar-refractivity contribution in [2.75, 3.05) is 29.9 Å². The predicted molar refractivity (Wildman–Crippen MR) is 98.3 cm³/mol. The topological polar surface area (TPSA) is 54.2 Å². The highest BCUT2D eigenvalue weighted by molar-refractivity contribution is 5.56. The molecule has 1 aromatic heterocycles. The Kier molecular flexibility index (Phi) is 5.95. The average Bonchev–Trinajstić information content (AvgIpc) is 2.61. The fraction of sp³-hybridized carbons (Fsp3) is 0.737. The number of nitrogens with two attached hydrogens (primary N) is 1. The van der Waals surface area contributed by atoms with Crippen molar-refractivity contribution in [1.29, 1.82) is 0 Å². The Balaban J connectivity index is 1.70. The van der Waals surface area contributed by atoms with Crippen molar-refractivity contribution in [2.45, 2.75) is 57.7 Å². The minimum atomic E-state index is -4.40. The number of nitrogens with one attached hydrogen (secondary N) is 1. The molecule has 4 nitrogen and oxygen atoms in total. The lowest BCUT2D eigenvalue weighted by atomic mass is 9.86. The molecule has 3 N–H and O–H groups in total. The van der Waals surface area contributed by atoms with Crippen molar-refractivity contribution in [3.05, 3.63) is 17.8 Å². The van der Waals surface area contributed by atoms with E-state index in [-0.39, 0.29) is 11.9 Å². The first kappa shape index (κ1) is 19.3. The lowest BCUT2D eigenvalue weighted by Gasteiger charge is -2.33. The number of alkyl halides is 3. The van der Waals surface area contributed by atoms with Crippen LogP contribution in [0.4, 0.5) is 24.7 Å². The Bertz CT molecular complexity index is 589. The highest BCUT2D eigenvalue weighted by Gasteiger charge is 2.37. The zero-order valence-corrected chi connectivity index (χ0v) is 15.4. The van der Waals surface area contributed by atoms with Gasteiger partial charge in [0.25, 0.3) is 0 Å². The Hall–Kier alpha value is -1.50. The highest BCUT2D eigenvalue weighted by atomic mass is 19.4. The van der Waals surface area contributed by atoms with E-state index in [4.69, 9.17) is 5.73 Å². The summed E-state index contributed by atoms with van der Waals surface area (Å²) >= 11 is 0. The minimum Gasteiger partial charge on any atom is -0.384 e. The molecular formula is C19H29F3N4. The van der Waals surface area contributed by atoms with Crippen LogP contribution in [0.25, 0.3) is 0 Å². The van der Waals surface area contributed by atoms with Gasteiger partial charge in [-0.2, -0.15) is 13.2 Å². The lowest BCUT2D eigenvalue weighted by Crippen LogP contribution is -2.35. The first-order valence-electron chi connectivity index (χ1n) is 9.64. The van der Waals surface area contributed by atoms with Gasteiger partial charge in [0, 0.05) is 25.7 Å². The van der Waals surface area contributed by atoms with Crippen LogP contribution in [0.5, 0.6) is 0 Å². The van der Waals surface area contributed by atoms with Crippen LogP contribution in [0, 0.1) is 11.8 Å². The maximum atomic E-state index is 13.6. The van der Waals surface area contributed by atoms with E-state index in [0.29, 0.717) is 37.2 Å². The number of hydrogen-bond acceptors (Lipinski definition) is 4. The summed E-state index contributed by atoms with van der Waals surface area (Å²) < 4.78 is 40.8. The largest absolute Gasteiger partial charge is 0.420 e. The normalized spacial score (nSPS) is 25.3. The molecular weight excluding hydrogens is 341 g/mol. The van der Waals surface area contributed by atoms with Crippen LogP contribution in [0.3, 0.4) is 0 Å². The van der Waals surface area contributed by atoms with Crippen molar-refractivity contribution in [1.82, 2.24) is 4.98 Å². The van der Waals surface area contributed by atoms with Gasteiger partial charge in [0.2, 0.25) is 0 Å². The van der Waals surface area contributed by atoms with E-state index in [1.165, 1.54) is 12.3 Å². The summed E-state index contributed by atoms with van der Waals surface area (Å²) in [5.74, 6) is 1.09. The summed E-state index contributed by atoms with van der Waals surface area (Å²) in [5.41, 5.74) is 5.72. The van der Waals surface area contributed by atoms with Gasteiger partial charge in [-0.15, -0.1) is 0 Å². The number of nitrogens with zero attached hydrogens (tertiary/aromatic N) is 2. The quantitative estimate of drug-likeness (QED) is 0.831. The maximum Gasteiger partial charge on any atom is 0.420 e. The molecule has 1 saturated heterocycles. The number of rotatable bonds is 4. The Labute approximate surface area is 153 Å². The van der Waals surface area contributed by atoms with E-state index >= 15 is 0 Å². The number of pyridine rings is 1. The van der Waals surface area contributed by atoms with E-state index in [1.807, 2.05) is 0 Å². The van der Waals surface area contributed by atoms with Crippen LogP contribution in [0.2, 0.25) is 0 Å². The molecule has 7 heteroatoms. The summed E-state index contributed by atoms with van der Waals surface area (Å²) in [7, 11) is 0. The monoisotopic (exact) mass is 370 g/mol. The number of aromatic nitrogens is 1. The Morgan fingerprint density at radius 3 is 2.42 bits per heavy atom. The molecule has 0 atom stereocenters. The molecule has 1 aliphatic heterocycles. The van der Waals surface area contributed by atoms with Crippen LogP contribution >= 0.6 is 0 Å². The van der Waals surface area contributed by atoms with Crippen molar-refractivity contribution in [2.24, 2.45) is 17.6 Å². The van der Waals surface area contributed by atoms with Crippen LogP contribution in [0.15, 0.2) is 12.3 Å². The summed E-state index contributed by atoms with van der Waals surface area (Å²) in [4.78, 5) is 5.97. The third kappa shape index (κ3) is 4.81. The smallest absolute Gasteiger partial charge is 0.384 e. The first-order chi connectivity index (χ1) is 12.3. The molecule has 0 spiro atoms. The second kappa shape index (κ2) is 8.03. The summed E-state index contributed by atoms with van der Waals surface area (Å²) in [6, 6.07) is 1.49. The van der Waals surface area contributed by atoms with E-state index < -0.39 is 11.7 Å². The molecule has 2 aliphatic rings.